The maximum absolute atomic E-state index is 12.6. The highest BCUT2D eigenvalue weighted by Gasteiger charge is 2.34. The van der Waals surface area contributed by atoms with Crippen LogP contribution >= 0.6 is 23.4 Å². The minimum atomic E-state index is -0.629. The van der Waals surface area contributed by atoms with Crippen molar-refractivity contribution in [2.45, 2.75) is 18.7 Å². The summed E-state index contributed by atoms with van der Waals surface area (Å²) in [5.74, 6) is -0.0323. The zero-order chi connectivity index (χ0) is 23.5. The summed E-state index contributed by atoms with van der Waals surface area (Å²) in [5, 5.41) is 13.6. The molecule has 9 heteroatoms. The van der Waals surface area contributed by atoms with E-state index in [1.165, 1.54) is 17.7 Å². The molecule has 1 saturated heterocycles. The van der Waals surface area contributed by atoms with E-state index in [9.17, 15) is 19.7 Å². The van der Waals surface area contributed by atoms with Crippen LogP contribution in [0.2, 0.25) is 5.02 Å². The third-order valence-electron chi connectivity index (χ3n) is 5.35. The highest BCUT2D eigenvalue weighted by Crippen LogP contribution is 2.42. The van der Waals surface area contributed by atoms with Crippen molar-refractivity contribution in [1.82, 2.24) is 0 Å². The van der Waals surface area contributed by atoms with Gasteiger partial charge in [0.05, 0.1) is 10.7 Å². The van der Waals surface area contributed by atoms with Gasteiger partial charge in [0.1, 0.15) is 10.4 Å². The van der Waals surface area contributed by atoms with Crippen LogP contribution in [0.15, 0.2) is 66.7 Å². The van der Waals surface area contributed by atoms with Crippen LogP contribution in [0.5, 0.6) is 0 Å². The lowest BCUT2D eigenvalue weighted by Crippen LogP contribution is -2.27. The largest absolute Gasteiger partial charge is 0.322 e. The fraction of sp³-hybridized carbons (Fsp3) is 0.167. The smallest absolute Gasteiger partial charge is 0.288 e. The van der Waals surface area contributed by atoms with E-state index in [2.05, 4.69) is 12.2 Å². The summed E-state index contributed by atoms with van der Waals surface area (Å²) in [5.41, 5.74) is 3.35. The van der Waals surface area contributed by atoms with Crippen LogP contribution in [-0.4, -0.2) is 22.5 Å². The Labute approximate surface area is 199 Å². The van der Waals surface area contributed by atoms with Gasteiger partial charge < -0.3 is 5.32 Å². The standard InChI is InChI=1S/C24H20ClN3O4S/c1-2-15-3-10-19(11-4-15)27-22(29)14-33-24(27)16-5-8-18(9-6-16)26-23(30)17-7-12-20(25)21(13-17)28(31)32/h3-13,24H,2,14H2,1H3,(H,26,30)/t24-/m0/s1. The van der Waals surface area contributed by atoms with Crippen molar-refractivity contribution in [2.75, 3.05) is 16.0 Å². The van der Waals surface area contributed by atoms with Crippen LogP contribution in [0, 0.1) is 10.1 Å². The molecule has 3 aromatic carbocycles. The van der Waals surface area contributed by atoms with Crippen molar-refractivity contribution in [3.63, 3.8) is 0 Å². The number of hydrogen-bond acceptors (Lipinski definition) is 5. The molecule has 168 valence electrons. The molecule has 0 spiro atoms. The molecule has 0 radical (unpaired) electrons. The first kappa shape index (κ1) is 22.8. The number of carbonyl (C=O) groups excluding carboxylic acids is 2. The zero-order valence-corrected chi connectivity index (χ0v) is 19.2. The molecule has 1 aliphatic rings. The summed E-state index contributed by atoms with van der Waals surface area (Å²) in [7, 11) is 0. The Bertz CT molecular complexity index is 1220. The molecule has 3 aromatic rings. The van der Waals surface area contributed by atoms with Crippen LogP contribution in [0.3, 0.4) is 0 Å². The predicted molar refractivity (Wildman–Crippen MR) is 131 cm³/mol. The number of aryl methyl sites for hydroxylation is 1. The number of nitro benzene ring substituents is 1. The van der Waals surface area contributed by atoms with E-state index < -0.39 is 10.8 Å². The Kier molecular flexibility index (Phi) is 6.67. The molecule has 1 atom stereocenters. The molecule has 2 amide bonds. The molecule has 0 aromatic heterocycles. The van der Waals surface area contributed by atoms with E-state index in [4.69, 9.17) is 11.6 Å². The summed E-state index contributed by atoms with van der Waals surface area (Å²) in [6.07, 6.45) is 0.933. The first-order chi connectivity index (χ1) is 15.9. The van der Waals surface area contributed by atoms with Gasteiger partial charge in [-0.2, -0.15) is 0 Å². The highest BCUT2D eigenvalue weighted by molar-refractivity contribution is 8.00. The van der Waals surface area contributed by atoms with Crippen molar-refractivity contribution < 1.29 is 14.5 Å². The second-order valence-corrected chi connectivity index (χ2v) is 8.92. The van der Waals surface area contributed by atoms with E-state index in [1.807, 2.05) is 36.4 Å². The number of nitro groups is 1. The van der Waals surface area contributed by atoms with Crippen LogP contribution in [0.4, 0.5) is 17.1 Å². The van der Waals surface area contributed by atoms with E-state index >= 15 is 0 Å². The molecule has 1 aliphatic heterocycles. The monoisotopic (exact) mass is 481 g/mol. The number of amides is 2. The van der Waals surface area contributed by atoms with Crippen molar-refractivity contribution >= 4 is 52.2 Å². The Morgan fingerprint density at radius 2 is 1.85 bits per heavy atom. The summed E-state index contributed by atoms with van der Waals surface area (Å²) in [6, 6.07) is 19.1. The highest BCUT2D eigenvalue weighted by atomic mass is 35.5. The van der Waals surface area contributed by atoms with Gasteiger partial charge in [0.25, 0.3) is 11.6 Å². The number of rotatable bonds is 6. The number of nitrogens with zero attached hydrogens (tertiary/aromatic N) is 2. The number of nitrogens with one attached hydrogen (secondary N) is 1. The SMILES string of the molecule is CCc1ccc(N2C(=O)CS[C@H]2c2ccc(NC(=O)c3ccc(Cl)c([N+](=O)[O-])c3)cc2)cc1. The van der Waals surface area contributed by atoms with Crippen molar-refractivity contribution in [3.05, 3.63) is 98.6 Å². The number of benzene rings is 3. The van der Waals surface area contributed by atoms with Crippen LogP contribution < -0.4 is 10.2 Å². The van der Waals surface area contributed by atoms with Gasteiger partial charge >= 0.3 is 0 Å². The van der Waals surface area contributed by atoms with Crippen molar-refractivity contribution in [3.8, 4) is 0 Å². The van der Waals surface area contributed by atoms with Crippen LogP contribution in [-0.2, 0) is 11.2 Å². The average molecular weight is 482 g/mol. The quantitative estimate of drug-likeness (QED) is 0.352. The van der Waals surface area contributed by atoms with Gasteiger partial charge in [-0.05, 0) is 53.9 Å². The van der Waals surface area contributed by atoms with Crippen LogP contribution in [0.25, 0.3) is 0 Å². The van der Waals surface area contributed by atoms with Gasteiger partial charge in [0.2, 0.25) is 5.91 Å². The molecule has 33 heavy (non-hydrogen) atoms. The third kappa shape index (κ3) is 4.86. The molecule has 0 unspecified atom stereocenters. The summed E-state index contributed by atoms with van der Waals surface area (Å²) in [4.78, 5) is 37.3. The molecule has 1 heterocycles. The lowest BCUT2D eigenvalue weighted by atomic mass is 10.1. The number of anilines is 2. The van der Waals surface area contributed by atoms with Gasteiger partial charge in [-0.3, -0.25) is 24.6 Å². The topological polar surface area (TPSA) is 92.6 Å². The molecule has 0 bridgehead atoms. The molecular weight excluding hydrogens is 462 g/mol. The molecule has 7 nitrogen and oxygen atoms in total. The van der Waals surface area contributed by atoms with E-state index in [0.29, 0.717) is 11.4 Å². The second-order valence-electron chi connectivity index (χ2n) is 7.45. The second kappa shape index (κ2) is 9.64. The van der Waals surface area contributed by atoms with E-state index in [-0.39, 0.29) is 27.6 Å². The third-order valence-corrected chi connectivity index (χ3v) is 6.88. The Morgan fingerprint density at radius 1 is 1.15 bits per heavy atom. The molecular formula is C24H20ClN3O4S. The molecule has 0 saturated carbocycles. The van der Waals surface area contributed by atoms with Gasteiger partial charge in [0, 0.05) is 23.0 Å². The molecule has 1 N–H and O–H groups in total. The Hall–Kier alpha value is -3.36. The van der Waals surface area contributed by atoms with Gasteiger partial charge in [-0.15, -0.1) is 11.8 Å². The minimum absolute atomic E-state index is 0.0293. The van der Waals surface area contributed by atoms with Crippen molar-refractivity contribution in [1.29, 1.82) is 0 Å². The van der Waals surface area contributed by atoms with Gasteiger partial charge in [0.15, 0.2) is 0 Å². The maximum Gasteiger partial charge on any atom is 0.288 e. The van der Waals surface area contributed by atoms with Gasteiger partial charge in [-0.25, -0.2) is 0 Å². The lowest BCUT2D eigenvalue weighted by Gasteiger charge is -2.24. The fourth-order valence-electron chi connectivity index (χ4n) is 3.57. The molecule has 1 fully saturated rings. The Morgan fingerprint density at radius 3 is 2.48 bits per heavy atom. The van der Waals surface area contributed by atoms with Crippen molar-refractivity contribution in [2.24, 2.45) is 0 Å². The van der Waals surface area contributed by atoms with E-state index in [0.717, 1.165) is 23.7 Å². The maximum atomic E-state index is 12.6. The number of halogens is 1. The van der Waals surface area contributed by atoms with E-state index in [1.54, 1.807) is 28.8 Å². The summed E-state index contributed by atoms with van der Waals surface area (Å²) >= 11 is 7.37. The summed E-state index contributed by atoms with van der Waals surface area (Å²) < 4.78 is 0. The van der Waals surface area contributed by atoms with Crippen LogP contribution in [0.1, 0.15) is 33.8 Å². The summed E-state index contributed by atoms with van der Waals surface area (Å²) in [6.45, 7) is 2.09. The number of carbonyl (C=O) groups is 2. The average Bonchev–Trinajstić information content (AvgIpc) is 3.21. The lowest BCUT2D eigenvalue weighted by molar-refractivity contribution is -0.384. The fourth-order valence-corrected chi connectivity index (χ4v) is 4.93. The number of thioether (sulfide) groups is 1. The minimum Gasteiger partial charge on any atom is -0.322 e. The normalized spacial score (nSPS) is 15.5. The predicted octanol–water partition coefficient (Wildman–Crippen LogP) is 5.84. The number of hydrogen-bond donors (Lipinski definition) is 1. The first-order valence-electron chi connectivity index (χ1n) is 10.2. The Balaban J connectivity index is 1.50. The zero-order valence-electron chi connectivity index (χ0n) is 17.7. The first-order valence-corrected chi connectivity index (χ1v) is 11.7. The van der Waals surface area contributed by atoms with Gasteiger partial charge in [-0.1, -0.05) is 42.8 Å². The molecule has 0 aliphatic carbocycles. The molecule has 4 rings (SSSR count).